The van der Waals surface area contributed by atoms with Crippen molar-refractivity contribution in [3.05, 3.63) is 29.3 Å². The Hall–Kier alpha value is -2.31. The van der Waals surface area contributed by atoms with Crippen molar-refractivity contribution in [1.29, 1.82) is 0 Å². The van der Waals surface area contributed by atoms with Gasteiger partial charge < -0.3 is 10.0 Å². The topological polar surface area (TPSA) is 74.7 Å². The Balaban J connectivity index is 2.59. The molecule has 0 saturated carbocycles. The molecule has 1 fully saturated rings. The van der Waals surface area contributed by atoms with Crippen molar-refractivity contribution in [2.45, 2.75) is 6.42 Å². The zero-order valence-electron chi connectivity index (χ0n) is 8.94. The number of benzene rings is 1. The number of anilines is 1. The maximum absolute atomic E-state index is 13.6. The van der Waals surface area contributed by atoms with E-state index in [4.69, 9.17) is 5.11 Å². The van der Waals surface area contributed by atoms with Gasteiger partial charge in [0.1, 0.15) is 5.82 Å². The number of hydrogen-bond donors (Lipinski definition) is 1. The highest BCUT2D eigenvalue weighted by molar-refractivity contribution is 6.16. The Labute approximate surface area is 99.6 Å². The molecule has 1 aromatic carbocycles. The second-order valence-electron chi connectivity index (χ2n) is 3.78. The number of carbonyl (C=O) groups is 3. The number of rotatable bonds is 2. The SMILES string of the molecule is O=C1CC(=O)N(c2c(F)cc(F)cc2C(=O)O)C1. The molecule has 0 unspecified atom stereocenters. The number of ketones is 1. The summed E-state index contributed by atoms with van der Waals surface area (Å²) in [6, 6.07) is 1.08. The van der Waals surface area contributed by atoms with E-state index in [-0.39, 0.29) is 0 Å². The molecule has 18 heavy (non-hydrogen) atoms. The van der Waals surface area contributed by atoms with E-state index in [2.05, 4.69) is 0 Å². The largest absolute Gasteiger partial charge is 0.478 e. The first-order valence-corrected chi connectivity index (χ1v) is 4.94. The van der Waals surface area contributed by atoms with Crippen LogP contribution in [0.25, 0.3) is 0 Å². The van der Waals surface area contributed by atoms with Gasteiger partial charge >= 0.3 is 5.97 Å². The monoisotopic (exact) mass is 255 g/mol. The molecule has 0 atom stereocenters. The zero-order chi connectivity index (χ0) is 13.4. The zero-order valence-corrected chi connectivity index (χ0v) is 8.94. The number of nitrogens with zero attached hydrogens (tertiary/aromatic N) is 1. The molecule has 1 amide bonds. The summed E-state index contributed by atoms with van der Waals surface area (Å²) in [5, 5.41) is 8.87. The lowest BCUT2D eigenvalue weighted by molar-refractivity contribution is -0.121. The van der Waals surface area contributed by atoms with Crippen molar-refractivity contribution in [3.8, 4) is 0 Å². The molecule has 1 aliphatic heterocycles. The number of carboxylic acid groups (broad SMARTS) is 1. The van der Waals surface area contributed by atoms with Crippen molar-refractivity contribution in [3.63, 3.8) is 0 Å². The van der Waals surface area contributed by atoms with Gasteiger partial charge in [-0.2, -0.15) is 0 Å². The van der Waals surface area contributed by atoms with Crippen molar-refractivity contribution < 1.29 is 28.3 Å². The lowest BCUT2D eigenvalue weighted by Crippen LogP contribution is -2.28. The Morgan fingerprint density at radius 1 is 1.28 bits per heavy atom. The van der Waals surface area contributed by atoms with Crippen molar-refractivity contribution in [2.75, 3.05) is 11.4 Å². The van der Waals surface area contributed by atoms with Crippen LogP contribution >= 0.6 is 0 Å². The molecular formula is C11H7F2NO4. The third-order valence-corrected chi connectivity index (χ3v) is 2.51. The molecule has 1 heterocycles. The molecule has 7 heteroatoms. The molecule has 0 bridgehead atoms. The van der Waals surface area contributed by atoms with Gasteiger partial charge in [0, 0.05) is 6.07 Å². The number of amides is 1. The fourth-order valence-electron chi connectivity index (χ4n) is 1.79. The molecule has 1 aromatic rings. The summed E-state index contributed by atoms with van der Waals surface area (Å²) in [4.78, 5) is 34.2. The van der Waals surface area contributed by atoms with E-state index < -0.39 is 53.5 Å². The van der Waals surface area contributed by atoms with Gasteiger partial charge in [-0.15, -0.1) is 0 Å². The first-order chi connectivity index (χ1) is 8.40. The van der Waals surface area contributed by atoms with Crippen molar-refractivity contribution in [2.24, 2.45) is 0 Å². The van der Waals surface area contributed by atoms with Crippen LogP contribution in [0.2, 0.25) is 0 Å². The van der Waals surface area contributed by atoms with Crippen molar-refractivity contribution >= 4 is 23.3 Å². The molecule has 0 aliphatic carbocycles. The van der Waals surface area contributed by atoms with Gasteiger partial charge in [0.25, 0.3) is 0 Å². The van der Waals surface area contributed by atoms with E-state index in [1.54, 1.807) is 0 Å². The first kappa shape index (κ1) is 12.2. The number of carbonyl (C=O) groups excluding carboxylic acids is 2. The maximum atomic E-state index is 13.6. The fourth-order valence-corrected chi connectivity index (χ4v) is 1.79. The summed E-state index contributed by atoms with van der Waals surface area (Å²) in [7, 11) is 0. The van der Waals surface area contributed by atoms with Crippen LogP contribution in [-0.4, -0.2) is 29.3 Å². The highest BCUT2D eigenvalue weighted by atomic mass is 19.1. The standard InChI is InChI=1S/C11H7F2NO4/c12-5-1-7(11(17)18)10(8(13)2-5)14-4-6(15)3-9(14)16/h1-2H,3-4H2,(H,17,18). The minimum absolute atomic E-state index is 0.401. The normalized spacial score (nSPS) is 15.3. The van der Waals surface area contributed by atoms with Gasteiger partial charge in [0.05, 0.1) is 24.2 Å². The average Bonchev–Trinajstić information content (AvgIpc) is 2.56. The number of carboxylic acids is 1. The molecule has 1 aliphatic rings. The Kier molecular flexibility index (Phi) is 2.82. The molecule has 0 radical (unpaired) electrons. The van der Waals surface area contributed by atoms with E-state index >= 15 is 0 Å². The Bertz CT molecular complexity index is 570. The second kappa shape index (κ2) is 4.17. The first-order valence-electron chi connectivity index (χ1n) is 4.94. The third-order valence-electron chi connectivity index (χ3n) is 2.51. The van der Waals surface area contributed by atoms with Gasteiger partial charge in [-0.3, -0.25) is 9.59 Å². The van der Waals surface area contributed by atoms with Crippen LogP contribution in [0.5, 0.6) is 0 Å². The summed E-state index contributed by atoms with van der Waals surface area (Å²) >= 11 is 0. The molecule has 0 spiro atoms. The lowest BCUT2D eigenvalue weighted by Gasteiger charge is -2.18. The van der Waals surface area contributed by atoms with Crippen LogP contribution in [0, 0.1) is 11.6 Å². The molecule has 94 valence electrons. The van der Waals surface area contributed by atoms with Crippen molar-refractivity contribution in [1.82, 2.24) is 0 Å². The second-order valence-corrected chi connectivity index (χ2v) is 3.78. The smallest absolute Gasteiger partial charge is 0.338 e. The van der Waals surface area contributed by atoms with Crippen LogP contribution in [-0.2, 0) is 9.59 Å². The maximum Gasteiger partial charge on any atom is 0.338 e. The van der Waals surface area contributed by atoms with Crippen LogP contribution < -0.4 is 4.90 Å². The van der Waals surface area contributed by atoms with Gasteiger partial charge in [-0.05, 0) is 6.07 Å². The molecule has 0 aromatic heterocycles. The Morgan fingerprint density at radius 3 is 2.44 bits per heavy atom. The van der Waals surface area contributed by atoms with Gasteiger partial charge in [-0.25, -0.2) is 13.6 Å². The summed E-state index contributed by atoms with van der Waals surface area (Å²) in [5.41, 5.74) is -1.25. The number of Topliss-reactive ketones (excluding diaryl/α,β-unsaturated/α-hetero) is 1. The summed E-state index contributed by atoms with van der Waals surface area (Å²) in [5.74, 6) is -4.97. The number of hydrogen-bond acceptors (Lipinski definition) is 3. The van der Waals surface area contributed by atoms with E-state index in [1.165, 1.54) is 0 Å². The molecule has 1 saturated heterocycles. The number of aromatic carboxylic acids is 1. The quantitative estimate of drug-likeness (QED) is 0.799. The summed E-state index contributed by atoms with van der Waals surface area (Å²) in [6.07, 6.45) is -0.407. The summed E-state index contributed by atoms with van der Waals surface area (Å²) in [6.45, 7) is -0.401. The van der Waals surface area contributed by atoms with Crippen LogP contribution in [0.15, 0.2) is 12.1 Å². The van der Waals surface area contributed by atoms with Crippen LogP contribution in [0.4, 0.5) is 14.5 Å². The highest BCUT2D eigenvalue weighted by Gasteiger charge is 2.33. The lowest BCUT2D eigenvalue weighted by atomic mass is 10.1. The molecule has 1 N–H and O–H groups in total. The molecule has 5 nitrogen and oxygen atoms in total. The van der Waals surface area contributed by atoms with E-state index in [0.29, 0.717) is 12.1 Å². The van der Waals surface area contributed by atoms with E-state index in [0.717, 1.165) is 4.90 Å². The predicted octanol–water partition coefficient (Wildman–Crippen LogP) is 0.969. The Morgan fingerprint density at radius 2 is 1.94 bits per heavy atom. The highest BCUT2D eigenvalue weighted by Crippen LogP contribution is 2.28. The van der Waals surface area contributed by atoms with Crippen LogP contribution in [0.3, 0.4) is 0 Å². The van der Waals surface area contributed by atoms with E-state index in [1.807, 2.05) is 0 Å². The average molecular weight is 255 g/mol. The minimum Gasteiger partial charge on any atom is -0.478 e. The van der Waals surface area contributed by atoms with Gasteiger partial charge in [-0.1, -0.05) is 0 Å². The van der Waals surface area contributed by atoms with Crippen LogP contribution in [0.1, 0.15) is 16.8 Å². The fraction of sp³-hybridized carbons (Fsp3) is 0.182. The molecule has 2 rings (SSSR count). The number of halogens is 2. The molecular weight excluding hydrogens is 248 g/mol. The predicted molar refractivity (Wildman–Crippen MR) is 55.3 cm³/mol. The minimum atomic E-state index is -1.57. The van der Waals surface area contributed by atoms with Gasteiger partial charge in [0.2, 0.25) is 5.91 Å². The summed E-state index contributed by atoms with van der Waals surface area (Å²) < 4.78 is 26.6. The van der Waals surface area contributed by atoms with E-state index in [9.17, 15) is 23.2 Å². The third kappa shape index (κ3) is 1.94. The van der Waals surface area contributed by atoms with Gasteiger partial charge in [0.15, 0.2) is 11.6 Å².